The van der Waals surface area contributed by atoms with E-state index in [1.807, 2.05) is 24.5 Å². The molecule has 4 heteroatoms. The van der Waals surface area contributed by atoms with Gasteiger partial charge in [0.2, 0.25) is 0 Å². The molecule has 0 radical (unpaired) electrons. The van der Waals surface area contributed by atoms with Crippen molar-refractivity contribution in [2.45, 2.75) is 38.6 Å². The van der Waals surface area contributed by atoms with Crippen LogP contribution in [0.15, 0.2) is 30.7 Å². The van der Waals surface area contributed by atoms with E-state index in [0.717, 1.165) is 30.8 Å². The normalized spacial score (nSPS) is 17.8. The summed E-state index contributed by atoms with van der Waals surface area (Å²) in [4.78, 5) is 13.4. The Hall–Kier alpha value is -1.81. The zero-order chi connectivity index (χ0) is 13.8. The first kappa shape index (κ1) is 13.2. The van der Waals surface area contributed by atoms with Gasteiger partial charge in [0.15, 0.2) is 5.82 Å². The summed E-state index contributed by atoms with van der Waals surface area (Å²) >= 11 is 0. The van der Waals surface area contributed by atoms with Crippen LogP contribution in [0.3, 0.4) is 0 Å². The van der Waals surface area contributed by atoms with Crippen LogP contribution in [0.4, 0.5) is 0 Å². The van der Waals surface area contributed by atoms with Crippen molar-refractivity contribution in [2.24, 2.45) is 0 Å². The highest BCUT2D eigenvalue weighted by Crippen LogP contribution is 2.29. The highest BCUT2D eigenvalue weighted by molar-refractivity contribution is 5.53. The fourth-order valence-electron chi connectivity index (χ4n) is 2.71. The maximum atomic E-state index is 4.75. The van der Waals surface area contributed by atoms with Gasteiger partial charge >= 0.3 is 0 Å². The molecule has 0 aromatic carbocycles. The molecular formula is C16H20N4. The van der Waals surface area contributed by atoms with E-state index in [1.54, 1.807) is 6.20 Å². The molecule has 3 rings (SSSR count). The van der Waals surface area contributed by atoms with Crippen LogP contribution in [0.25, 0.3) is 11.4 Å². The first-order chi connectivity index (χ1) is 9.88. The van der Waals surface area contributed by atoms with Gasteiger partial charge in [-0.3, -0.25) is 4.98 Å². The van der Waals surface area contributed by atoms with Crippen molar-refractivity contribution >= 4 is 0 Å². The van der Waals surface area contributed by atoms with Crippen LogP contribution in [-0.4, -0.2) is 21.5 Å². The number of hydrogen-bond donors (Lipinski definition) is 1. The second-order valence-corrected chi connectivity index (χ2v) is 5.24. The lowest BCUT2D eigenvalue weighted by Gasteiger charge is -2.25. The number of rotatable bonds is 4. The van der Waals surface area contributed by atoms with E-state index >= 15 is 0 Å². The molecule has 0 saturated heterocycles. The summed E-state index contributed by atoms with van der Waals surface area (Å²) < 4.78 is 0. The second-order valence-electron chi connectivity index (χ2n) is 5.24. The van der Waals surface area contributed by atoms with Crippen molar-refractivity contribution in [3.8, 4) is 11.4 Å². The van der Waals surface area contributed by atoms with Gasteiger partial charge in [0.25, 0.3) is 0 Å². The molecule has 104 valence electrons. The van der Waals surface area contributed by atoms with Crippen molar-refractivity contribution < 1.29 is 0 Å². The third-order valence-corrected chi connectivity index (χ3v) is 3.74. The molecule has 0 spiro atoms. The number of aromatic nitrogens is 3. The molecular weight excluding hydrogens is 248 g/mol. The van der Waals surface area contributed by atoms with Gasteiger partial charge < -0.3 is 5.32 Å². The molecule has 1 unspecified atom stereocenters. The molecule has 1 atom stereocenters. The first-order valence-electron chi connectivity index (χ1n) is 7.38. The van der Waals surface area contributed by atoms with E-state index in [2.05, 4.69) is 22.2 Å². The summed E-state index contributed by atoms with van der Waals surface area (Å²) in [5, 5.41) is 3.59. The topological polar surface area (TPSA) is 50.7 Å². The van der Waals surface area contributed by atoms with Gasteiger partial charge in [0.1, 0.15) is 0 Å². The van der Waals surface area contributed by atoms with Gasteiger partial charge in [0.05, 0.1) is 0 Å². The summed E-state index contributed by atoms with van der Waals surface area (Å²) in [7, 11) is 0. The number of nitrogens with one attached hydrogen (secondary N) is 1. The van der Waals surface area contributed by atoms with Crippen molar-refractivity contribution in [3.05, 3.63) is 42.0 Å². The van der Waals surface area contributed by atoms with Gasteiger partial charge in [-0.15, -0.1) is 0 Å². The fraction of sp³-hybridized carbons (Fsp3) is 0.438. The highest BCUT2D eigenvalue weighted by atomic mass is 14.9. The van der Waals surface area contributed by atoms with Crippen LogP contribution in [0, 0.1) is 0 Å². The molecule has 1 N–H and O–H groups in total. The number of aryl methyl sites for hydroxylation is 1. The maximum absolute atomic E-state index is 4.75. The number of pyridine rings is 1. The molecule has 1 aliphatic carbocycles. The summed E-state index contributed by atoms with van der Waals surface area (Å²) in [6, 6.07) is 4.34. The molecule has 0 saturated carbocycles. The molecule has 1 aliphatic rings. The molecule has 2 aromatic heterocycles. The smallest absolute Gasteiger partial charge is 0.160 e. The molecule has 0 fully saturated rings. The van der Waals surface area contributed by atoms with Gasteiger partial charge in [-0.25, -0.2) is 9.97 Å². The molecule has 2 heterocycles. The van der Waals surface area contributed by atoms with Crippen molar-refractivity contribution in [3.63, 3.8) is 0 Å². The average Bonchev–Trinajstić information content (AvgIpc) is 2.53. The Balaban J connectivity index is 1.89. The van der Waals surface area contributed by atoms with E-state index in [1.165, 1.54) is 24.1 Å². The number of nitrogens with zero attached hydrogens (tertiary/aromatic N) is 3. The Bertz CT molecular complexity index is 568. The lowest BCUT2D eigenvalue weighted by Crippen LogP contribution is -2.26. The third kappa shape index (κ3) is 2.70. The Labute approximate surface area is 119 Å². The minimum atomic E-state index is 0.418. The molecule has 0 amide bonds. The standard InChI is InChI=1S/C16H20N4/c1-2-8-18-14-6-3-7-15-13(14)11-19-16(20-15)12-5-4-9-17-10-12/h4-5,9-11,14,18H,2-3,6-8H2,1H3. The average molecular weight is 268 g/mol. The van der Waals surface area contributed by atoms with E-state index in [9.17, 15) is 0 Å². The fourth-order valence-corrected chi connectivity index (χ4v) is 2.71. The second kappa shape index (κ2) is 6.09. The zero-order valence-corrected chi connectivity index (χ0v) is 11.8. The lowest BCUT2D eigenvalue weighted by molar-refractivity contribution is 0.454. The van der Waals surface area contributed by atoms with Gasteiger partial charge in [0, 0.05) is 41.5 Å². The van der Waals surface area contributed by atoms with Crippen LogP contribution < -0.4 is 5.32 Å². The van der Waals surface area contributed by atoms with E-state index in [4.69, 9.17) is 4.98 Å². The predicted molar refractivity (Wildman–Crippen MR) is 79.2 cm³/mol. The lowest BCUT2D eigenvalue weighted by atomic mass is 9.92. The Morgan fingerprint density at radius 2 is 2.30 bits per heavy atom. The monoisotopic (exact) mass is 268 g/mol. The van der Waals surface area contributed by atoms with Crippen LogP contribution in [0.5, 0.6) is 0 Å². The summed E-state index contributed by atoms with van der Waals surface area (Å²) in [6.07, 6.45) is 10.2. The Morgan fingerprint density at radius 3 is 3.10 bits per heavy atom. The van der Waals surface area contributed by atoms with E-state index in [-0.39, 0.29) is 0 Å². The highest BCUT2D eigenvalue weighted by Gasteiger charge is 2.21. The summed E-state index contributed by atoms with van der Waals surface area (Å²) in [6.45, 7) is 3.24. The molecule has 0 aliphatic heterocycles. The maximum Gasteiger partial charge on any atom is 0.160 e. The van der Waals surface area contributed by atoms with Gasteiger partial charge in [-0.2, -0.15) is 0 Å². The van der Waals surface area contributed by atoms with Crippen LogP contribution >= 0.6 is 0 Å². The zero-order valence-electron chi connectivity index (χ0n) is 11.8. The van der Waals surface area contributed by atoms with Crippen molar-refractivity contribution in [1.82, 2.24) is 20.3 Å². The van der Waals surface area contributed by atoms with Crippen LogP contribution in [0.1, 0.15) is 43.5 Å². The van der Waals surface area contributed by atoms with Crippen LogP contribution in [-0.2, 0) is 6.42 Å². The van der Waals surface area contributed by atoms with Gasteiger partial charge in [-0.05, 0) is 44.4 Å². The Kier molecular flexibility index (Phi) is 4.02. The molecule has 4 nitrogen and oxygen atoms in total. The third-order valence-electron chi connectivity index (χ3n) is 3.74. The number of fused-ring (bicyclic) bond motifs is 1. The van der Waals surface area contributed by atoms with Gasteiger partial charge in [-0.1, -0.05) is 6.92 Å². The quantitative estimate of drug-likeness (QED) is 0.926. The predicted octanol–water partition coefficient (Wildman–Crippen LogP) is 2.92. The van der Waals surface area contributed by atoms with Crippen molar-refractivity contribution in [2.75, 3.05) is 6.54 Å². The summed E-state index contributed by atoms with van der Waals surface area (Å²) in [5.41, 5.74) is 3.45. The molecule has 2 aromatic rings. The molecule has 0 bridgehead atoms. The number of hydrogen-bond acceptors (Lipinski definition) is 4. The summed E-state index contributed by atoms with van der Waals surface area (Å²) in [5.74, 6) is 0.785. The van der Waals surface area contributed by atoms with E-state index < -0.39 is 0 Å². The molecule has 20 heavy (non-hydrogen) atoms. The minimum absolute atomic E-state index is 0.418. The minimum Gasteiger partial charge on any atom is -0.310 e. The van der Waals surface area contributed by atoms with Crippen LogP contribution in [0.2, 0.25) is 0 Å². The van der Waals surface area contributed by atoms with Crippen molar-refractivity contribution in [1.29, 1.82) is 0 Å². The first-order valence-corrected chi connectivity index (χ1v) is 7.38. The SMILES string of the molecule is CCCNC1CCCc2nc(-c3cccnc3)ncc21. The Morgan fingerprint density at radius 1 is 1.35 bits per heavy atom. The largest absolute Gasteiger partial charge is 0.310 e. The van der Waals surface area contributed by atoms with E-state index in [0.29, 0.717) is 6.04 Å².